The second-order valence-corrected chi connectivity index (χ2v) is 9.04. The standard InChI is InChI=1S/C19H21FN2O4S2/c1-26-18-13-15(27-2)6-7-17(18)19(23)21-8-10-22(11-9-21)28(24,25)16-5-3-4-14(20)12-16/h3-7,12-13H,8-11H2,1-2H3. The van der Waals surface area contributed by atoms with Crippen molar-refractivity contribution in [3.05, 3.63) is 53.8 Å². The summed E-state index contributed by atoms with van der Waals surface area (Å²) in [6, 6.07) is 10.3. The summed E-state index contributed by atoms with van der Waals surface area (Å²) in [6.45, 7) is 0.799. The van der Waals surface area contributed by atoms with Gasteiger partial charge in [-0.3, -0.25) is 4.79 Å². The summed E-state index contributed by atoms with van der Waals surface area (Å²) in [6.07, 6.45) is 1.94. The molecule has 1 heterocycles. The van der Waals surface area contributed by atoms with Crippen molar-refractivity contribution in [1.29, 1.82) is 0 Å². The lowest BCUT2D eigenvalue weighted by atomic mass is 10.1. The van der Waals surface area contributed by atoms with Gasteiger partial charge in [0.15, 0.2) is 0 Å². The first-order valence-electron chi connectivity index (χ1n) is 8.64. The highest BCUT2D eigenvalue weighted by Crippen LogP contribution is 2.27. The summed E-state index contributed by atoms with van der Waals surface area (Å²) < 4.78 is 45.4. The fourth-order valence-corrected chi connectivity index (χ4v) is 4.94. The van der Waals surface area contributed by atoms with Crippen molar-refractivity contribution < 1.29 is 22.3 Å². The van der Waals surface area contributed by atoms with E-state index in [0.717, 1.165) is 11.0 Å². The number of carbonyl (C=O) groups is 1. The Morgan fingerprint density at radius 2 is 1.82 bits per heavy atom. The van der Waals surface area contributed by atoms with Gasteiger partial charge in [-0.15, -0.1) is 11.8 Å². The average Bonchev–Trinajstić information content (AvgIpc) is 2.72. The van der Waals surface area contributed by atoms with E-state index in [1.54, 1.807) is 22.7 Å². The molecule has 0 aliphatic carbocycles. The van der Waals surface area contributed by atoms with Crippen LogP contribution in [0.3, 0.4) is 0 Å². The fraction of sp³-hybridized carbons (Fsp3) is 0.316. The molecule has 0 saturated carbocycles. The van der Waals surface area contributed by atoms with E-state index < -0.39 is 15.8 Å². The first kappa shape index (κ1) is 20.6. The van der Waals surface area contributed by atoms with E-state index in [1.807, 2.05) is 18.4 Å². The van der Waals surface area contributed by atoms with Gasteiger partial charge < -0.3 is 9.64 Å². The lowest BCUT2D eigenvalue weighted by Gasteiger charge is -2.34. The minimum Gasteiger partial charge on any atom is -0.496 e. The van der Waals surface area contributed by atoms with Crippen molar-refractivity contribution in [2.75, 3.05) is 39.5 Å². The number of sulfonamides is 1. The Balaban J connectivity index is 1.72. The Kier molecular flexibility index (Phi) is 6.26. The summed E-state index contributed by atoms with van der Waals surface area (Å²) in [5, 5.41) is 0. The van der Waals surface area contributed by atoms with Crippen LogP contribution in [0, 0.1) is 5.82 Å². The van der Waals surface area contributed by atoms with E-state index in [4.69, 9.17) is 4.74 Å². The zero-order chi connectivity index (χ0) is 20.3. The highest BCUT2D eigenvalue weighted by atomic mass is 32.2. The lowest BCUT2D eigenvalue weighted by Crippen LogP contribution is -2.50. The number of hydrogen-bond donors (Lipinski definition) is 0. The highest BCUT2D eigenvalue weighted by Gasteiger charge is 2.31. The third kappa shape index (κ3) is 4.16. The molecule has 1 saturated heterocycles. The van der Waals surface area contributed by atoms with Crippen LogP contribution in [0.5, 0.6) is 5.75 Å². The quantitative estimate of drug-likeness (QED) is 0.691. The number of rotatable bonds is 5. The molecule has 1 amide bonds. The van der Waals surface area contributed by atoms with Crippen molar-refractivity contribution in [2.45, 2.75) is 9.79 Å². The minimum atomic E-state index is -3.79. The van der Waals surface area contributed by atoms with E-state index in [9.17, 15) is 17.6 Å². The molecule has 3 rings (SSSR count). The van der Waals surface area contributed by atoms with Gasteiger partial charge in [-0.05, 0) is 42.7 Å². The van der Waals surface area contributed by atoms with Crippen LogP contribution in [-0.2, 0) is 10.0 Å². The molecule has 0 unspecified atom stereocenters. The molecule has 0 aromatic heterocycles. The molecule has 0 atom stereocenters. The van der Waals surface area contributed by atoms with Crippen LogP contribution in [0.4, 0.5) is 4.39 Å². The number of methoxy groups -OCH3 is 1. The first-order valence-corrected chi connectivity index (χ1v) is 11.3. The molecule has 6 nitrogen and oxygen atoms in total. The number of benzene rings is 2. The predicted molar refractivity (Wildman–Crippen MR) is 106 cm³/mol. The van der Waals surface area contributed by atoms with Crippen LogP contribution >= 0.6 is 11.8 Å². The molecule has 0 bridgehead atoms. The van der Waals surface area contributed by atoms with Crippen LogP contribution in [0.2, 0.25) is 0 Å². The molecule has 0 N–H and O–H groups in total. The number of carbonyl (C=O) groups excluding carboxylic acids is 1. The topological polar surface area (TPSA) is 66.9 Å². The van der Waals surface area contributed by atoms with E-state index in [1.165, 1.54) is 29.6 Å². The molecule has 9 heteroatoms. The maximum absolute atomic E-state index is 13.4. The Morgan fingerprint density at radius 1 is 1.11 bits per heavy atom. The third-order valence-electron chi connectivity index (χ3n) is 4.60. The van der Waals surface area contributed by atoms with E-state index in [2.05, 4.69) is 0 Å². The Morgan fingerprint density at radius 3 is 2.43 bits per heavy atom. The van der Waals surface area contributed by atoms with Gasteiger partial charge in [0.1, 0.15) is 11.6 Å². The number of halogens is 1. The molecule has 150 valence electrons. The molecular formula is C19H21FN2O4S2. The first-order chi connectivity index (χ1) is 13.4. The average molecular weight is 425 g/mol. The Hall–Kier alpha value is -2.10. The third-order valence-corrected chi connectivity index (χ3v) is 7.22. The van der Waals surface area contributed by atoms with E-state index in [0.29, 0.717) is 11.3 Å². The molecule has 1 fully saturated rings. The molecule has 2 aromatic carbocycles. The number of amides is 1. The lowest BCUT2D eigenvalue weighted by molar-refractivity contribution is 0.0694. The second-order valence-electron chi connectivity index (χ2n) is 6.22. The molecule has 28 heavy (non-hydrogen) atoms. The normalized spacial score (nSPS) is 15.5. The van der Waals surface area contributed by atoms with Crippen molar-refractivity contribution in [3.63, 3.8) is 0 Å². The number of nitrogens with zero attached hydrogens (tertiary/aromatic N) is 2. The highest BCUT2D eigenvalue weighted by molar-refractivity contribution is 7.98. The van der Waals surface area contributed by atoms with Crippen LogP contribution in [0.15, 0.2) is 52.3 Å². The molecule has 1 aliphatic rings. The van der Waals surface area contributed by atoms with Crippen molar-refractivity contribution >= 4 is 27.7 Å². The zero-order valence-electron chi connectivity index (χ0n) is 15.6. The number of ether oxygens (including phenoxy) is 1. The van der Waals surface area contributed by atoms with Crippen LogP contribution in [-0.4, -0.2) is 63.1 Å². The van der Waals surface area contributed by atoms with Crippen LogP contribution in [0.25, 0.3) is 0 Å². The van der Waals surface area contributed by atoms with Gasteiger partial charge in [0.25, 0.3) is 5.91 Å². The van der Waals surface area contributed by atoms with Crippen LogP contribution < -0.4 is 4.74 Å². The maximum atomic E-state index is 13.4. The monoisotopic (exact) mass is 424 g/mol. The zero-order valence-corrected chi connectivity index (χ0v) is 17.2. The van der Waals surface area contributed by atoms with E-state index >= 15 is 0 Å². The summed E-state index contributed by atoms with van der Waals surface area (Å²) >= 11 is 1.55. The van der Waals surface area contributed by atoms with Gasteiger partial charge in [-0.1, -0.05) is 6.07 Å². The van der Waals surface area contributed by atoms with Gasteiger partial charge in [-0.2, -0.15) is 4.31 Å². The minimum absolute atomic E-state index is 0.0819. The number of piperazine rings is 1. The summed E-state index contributed by atoms with van der Waals surface area (Å²) in [5.74, 6) is -0.311. The molecule has 2 aromatic rings. The summed E-state index contributed by atoms with van der Waals surface area (Å²) in [4.78, 5) is 15.4. The Bertz CT molecular complexity index is 974. The number of thioether (sulfide) groups is 1. The van der Waals surface area contributed by atoms with Gasteiger partial charge >= 0.3 is 0 Å². The van der Waals surface area contributed by atoms with Crippen molar-refractivity contribution in [3.8, 4) is 5.75 Å². The van der Waals surface area contributed by atoms with Gasteiger partial charge in [0, 0.05) is 31.1 Å². The second kappa shape index (κ2) is 8.50. The molecule has 0 radical (unpaired) electrons. The van der Waals surface area contributed by atoms with Crippen LogP contribution in [0.1, 0.15) is 10.4 Å². The summed E-state index contributed by atoms with van der Waals surface area (Å²) in [5.41, 5.74) is 0.446. The van der Waals surface area contributed by atoms with Gasteiger partial charge in [0.2, 0.25) is 10.0 Å². The number of hydrogen-bond acceptors (Lipinski definition) is 5. The molecular weight excluding hydrogens is 403 g/mol. The van der Waals surface area contributed by atoms with Crippen molar-refractivity contribution in [1.82, 2.24) is 9.21 Å². The van der Waals surface area contributed by atoms with E-state index in [-0.39, 0.29) is 37.0 Å². The fourth-order valence-electron chi connectivity index (χ4n) is 3.05. The SMILES string of the molecule is COc1cc(SC)ccc1C(=O)N1CCN(S(=O)(=O)c2cccc(F)c2)CC1. The van der Waals surface area contributed by atoms with Gasteiger partial charge in [-0.25, -0.2) is 12.8 Å². The Labute approximate surface area is 168 Å². The largest absolute Gasteiger partial charge is 0.496 e. The molecule has 0 spiro atoms. The predicted octanol–water partition coefficient (Wildman–Crippen LogP) is 2.70. The van der Waals surface area contributed by atoms with Crippen molar-refractivity contribution in [2.24, 2.45) is 0 Å². The summed E-state index contributed by atoms with van der Waals surface area (Å²) in [7, 11) is -2.28. The van der Waals surface area contributed by atoms with Gasteiger partial charge in [0.05, 0.1) is 17.6 Å². The molecule has 1 aliphatic heterocycles. The smallest absolute Gasteiger partial charge is 0.257 e. The maximum Gasteiger partial charge on any atom is 0.257 e.